The van der Waals surface area contributed by atoms with Crippen LogP contribution in [-0.2, 0) is 7.05 Å². The summed E-state index contributed by atoms with van der Waals surface area (Å²) >= 11 is 0. The summed E-state index contributed by atoms with van der Waals surface area (Å²) < 4.78 is 1.80. The number of hydrogen-bond donors (Lipinski definition) is 0. The van der Waals surface area contributed by atoms with Crippen molar-refractivity contribution in [3.8, 4) is 6.07 Å². The number of rotatable bonds is 4. The fraction of sp³-hybridized carbons (Fsp3) is 0.692. The summed E-state index contributed by atoms with van der Waals surface area (Å²) in [7, 11) is 3.92. The van der Waals surface area contributed by atoms with Gasteiger partial charge in [-0.05, 0) is 26.2 Å². The first-order valence-corrected chi connectivity index (χ1v) is 6.05. The van der Waals surface area contributed by atoms with Gasteiger partial charge in [0, 0.05) is 20.1 Å². The van der Waals surface area contributed by atoms with E-state index >= 15 is 0 Å². The Kier molecular flexibility index (Phi) is 4.17. The van der Waals surface area contributed by atoms with Crippen molar-refractivity contribution >= 4 is 5.82 Å². The Morgan fingerprint density at radius 3 is 2.47 bits per heavy atom. The number of anilines is 1. The van der Waals surface area contributed by atoms with Crippen molar-refractivity contribution in [1.82, 2.24) is 9.78 Å². The Morgan fingerprint density at radius 1 is 1.41 bits per heavy atom. The van der Waals surface area contributed by atoms with Gasteiger partial charge in [0.2, 0.25) is 0 Å². The van der Waals surface area contributed by atoms with Gasteiger partial charge in [0.25, 0.3) is 0 Å². The molecule has 1 heterocycles. The van der Waals surface area contributed by atoms with Crippen molar-refractivity contribution in [2.45, 2.75) is 40.2 Å². The molecular formula is C13H22N4. The Labute approximate surface area is 104 Å². The van der Waals surface area contributed by atoms with E-state index in [1.165, 1.54) is 0 Å². The maximum atomic E-state index is 9.20. The first-order chi connectivity index (χ1) is 7.88. The van der Waals surface area contributed by atoms with E-state index in [1.54, 1.807) is 4.68 Å². The van der Waals surface area contributed by atoms with Crippen LogP contribution in [0.3, 0.4) is 0 Å². The first-order valence-electron chi connectivity index (χ1n) is 6.05. The first kappa shape index (κ1) is 13.6. The van der Waals surface area contributed by atoms with Crippen LogP contribution in [0.2, 0.25) is 0 Å². The molecule has 17 heavy (non-hydrogen) atoms. The van der Waals surface area contributed by atoms with Gasteiger partial charge in [0.05, 0.1) is 5.69 Å². The van der Waals surface area contributed by atoms with Crippen molar-refractivity contribution in [2.24, 2.45) is 13.0 Å². The molecule has 0 saturated heterocycles. The van der Waals surface area contributed by atoms with Crippen molar-refractivity contribution in [1.29, 1.82) is 5.26 Å². The van der Waals surface area contributed by atoms with Crippen molar-refractivity contribution in [3.63, 3.8) is 0 Å². The van der Waals surface area contributed by atoms with E-state index in [0.717, 1.165) is 17.9 Å². The third-order valence-electron chi connectivity index (χ3n) is 3.11. The monoisotopic (exact) mass is 234 g/mol. The Morgan fingerprint density at radius 2 is 2.00 bits per heavy atom. The molecule has 4 heteroatoms. The van der Waals surface area contributed by atoms with Crippen LogP contribution in [0.4, 0.5) is 5.82 Å². The van der Waals surface area contributed by atoms with Crippen molar-refractivity contribution < 1.29 is 0 Å². The van der Waals surface area contributed by atoms with Crippen LogP contribution in [0.5, 0.6) is 0 Å². The minimum absolute atomic E-state index is 0.400. The topological polar surface area (TPSA) is 44.9 Å². The number of aryl methyl sites for hydroxylation is 2. The van der Waals surface area contributed by atoms with Crippen LogP contribution in [-0.4, -0.2) is 22.9 Å². The van der Waals surface area contributed by atoms with E-state index < -0.39 is 0 Å². The third kappa shape index (κ3) is 2.79. The number of hydrogen-bond acceptors (Lipinski definition) is 3. The second kappa shape index (κ2) is 5.22. The molecule has 0 spiro atoms. The van der Waals surface area contributed by atoms with Crippen LogP contribution >= 0.6 is 0 Å². The molecule has 1 aromatic heterocycles. The lowest BCUT2D eigenvalue weighted by Crippen LogP contribution is -2.32. The minimum Gasteiger partial charge on any atom is -0.356 e. The molecule has 0 aliphatic rings. The summed E-state index contributed by atoms with van der Waals surface area (Å²) in [5, 5.41) is 13.5. The minimum atomic E-state index is 0.400. The molecule has 1 rings (SSSR count). The smallest absolute Gasteiger partial charge is 0.144 e. The summed E-state index contributed by atoms with van der Waals surface area (Å²) in [5.41, 5.74) is 1.49. The standard InChI is InChI=1S/C13H22N4/c1-9(2)7-10(3)16(5)13-12(8-14)11(4)15-17(13)6/h9-10H,7H2,1-6H3. The van der Waals surface area contributed by atoms with Crippen LogP contribution in [0.1, 0.15) is 38.4 Å². The molecular weight excluding hydrogens is 212 g/mol. The normalized spacial score (nSPS) is 12.6. The van der Waals surface area contributed by atoms with E-state index in [4.69, 9.17) is 0 Å². The van der Waals surface area contributed by atoms with Crippen LogP contribution in [0, 0.1) is 24.2 Å². The highest BCUT2D eigenvalue weighted by molar-refractivity contribution is 5.56. The fourth-order valence-corrected chi connectivity index (χ4v) is 2.23. The maximum absolute atomic E-state index is 9.20. The quantitative estimate of drug-likeness (QED) is 0.804. The highest BCUT2D eigenvalue weighted by Gasteiger charge is 2.20. The summed E-state index contributed by atoms with van der Waals surface area (Å²) in [6, 6.07) is 2.65. The van der Waals surface area contributed by atoms with E-state index in [9.17, 15) is 5.26 Å². The Balaban J connectivity index is 3.04. The number of nitriles is 1. The second-order valence-electron chi connectivity index (χ2n) is 5.11. The molecule has 0 fully saturated rings. The molecule has 4 nitrogen and oxygen atoms in total. The maximum Gasteiger partial charge on any atom is 0.144 e. The summed E-state index contributed by atoms with van der Waals surface area (Å²) in [4.78, 5) is 2.15. The van der Waals surface area contributed by atoms with E-state index in [0.29, 0.717) is 17.5 Å². The van der Waals surface area contributed by atoms with E-state index in [2.05, 4.69) is 36.8 Å². The predicted octanol–water partition coefficient (Wildman–Crippen LogP) is 2.47. The molecule has 0 aliphatic carbocycles. The molecule has 1 aromatic rings. The van der Waals surface area contributed by atoms with Gasteiger partial charge >= 0.3 is 0 Å². The van der Waals surface area contributed by atoms with Gasteiger partial charge in [-0.15, -0.1) is 0 Å². The lowest BCUT2D eigenvalue weighted by Gasteiger charge is -2.28. The molecule has 0 N–H and O–H groups in total. The highest BCUT2D eigenvalue weighted by Crippen LogP contribution is 2.24. The largest absolute Gasteiger partial charge is 0.356 e. The molecule has 0 aliphatic heterocycles. The van der Waals surface area contributed by atoms with Gasteiger partial charge in [0.1, 0.15) is 17.5 Å². The molecule has 0 bridgehead atoms. The molecule has 94 valence electrons. The van der Waals surface area contributed by atoms with Gasteiger partial charge < -0.3 is 4.90 Å². The highest BCUT2D eigenvalue weighted by atomic mass is 15.4. The zero-order valence-corrected chi connectivity index (χ0v) is 11.7. The number of aromatic nitrogens is 2. The molecule has 1 unspecified atom stereocenters. The Hall–Kier alpha value is -1.50. The number of nitrogens with zero attached hydrogens (tertiary/aromatic N) is 4. The van der Waals surface area contributed by atoms with Crippen LogP contribution in [0.15, 0.2) is 0 Å². The van der Waals surface area contributed by atoms with Gasteiger partial charge in [-0.3, -0.25) is 4.68 Å². The second-order valence-corrected chi connectivity index (χ2v) is 5.11. The van der Waals surface area contributed by atoms with Crippen LogP contribution < -0.4 is 4.90 Å². The van der Waals surface area contributed by atoms with Crippen molar-refractivity contribution in [2.75, 3.05) is 11.9 Å². The molecule has 0 saturated carbocycles. The third-order valence-corrected chi connectivity index (χ3v) is 3.11. The molecule has 1 atom stereocenters. The van der Waals surface area contributed by atoms with Crippen LogP contribution in [0.25, 0.3) is 0 Å². The Bertz CT molecular complexity index is 425. The lowest BCUT2D eigenvalue weighted by atomic mass is 10.0. The van der Waals surface area contributed by atoms with E-state index in [-0.39, 0.29) is 0 Å². The average Bonchev–Trinajstić information content (AvgIpc) is 2.50. The zero-order chi connectivity index (χ0) is 13.2. The van der Waals surface area contributed by atoms with Gasteiger partial charge in [-0.25, -0.2) is 0 Å². The fourth-order valence-electron chi connectivity index (χ4n) is 2.23. The summed E-state index contributed by atoms with van der Waals surface area (Å²) in [5.74, 6) is 1.56. The molecule has 0 aromatic carbocycles. The van der Waals surface area contributed by atoms with Gasteiger partial charge in [0.15, 0.2) is 0 Å². The van der Waals surface area contributed by atoms with Gasteiger partial charge in [-0.1, -0.05) is 13.8 Å². The predicted molar refractivity (Wildman–Crippen MR) is 70.0 cm³/mol. The zero-order valence-electron chi connectivity index (χ0n) is 11.7. The lowest BCUT2D eigenvalue weighted by molar-refractivity contribution is 0.497. The van der Waals surface area contributed by atoms with Crippen molar-refractivity contribution in [3.05, 3.63) is 11.3 Å². The summed E-state index contributed by atoms with van der Waals surface area (Å²) in [6.07, 6.45) is 1.10. The van der Waals surface area contributed by atoms with Gasteiger partial charge in [-0.2, -0.15) is 10.4 Å². The molecule has 0 radical (unpaired) electrons. The summed E-state index contributed by atoms with van der Waals surface area (Å²) in [6.45, 7) is 8.49. The average molecular weight is 234 g/mol. The SMILES string of the molecule is Cc1nn(C)c(N(C)C(C)CC(C)C)c1C#N. The molecule has 0 amide bonds. The van der Waals surface area contributed by atoms with E-state index in [1.807, 2.05) is 21.0 Å².